The second kappa shape index (κ2) is 9.44. The Morgan fingerprint density at radius 2 is 2.08 bits per heavy atom. The maximum atomic E-state index is 12.8. The van der Waals surface area contributed by atoms with Crippen LogP contribution in [0.2, 0.25) is 0 Å². The summed E-state index contributed by atoms with van der Waals surface area (Å²) < 4.78 is 43.6. The van der Waals surface area contributed by atoms with Crippen LogP contribution in [0.4, 0.5) is 24.9 Å². The maximum Gasteiger partial charge on any atom is 0.405 e. The number of carbonyl (C=O) groups is 1. The van der Waals surface area contributed by atoms with Gasteiger partial charge in [-0.25, -0.2) is 14.8 Å². The molecule has 2 saturated carbocycles. The number of nitrogens with zero attached hydrogens (tertiary/aromatic N) is 3. The van der Waals surface area contributed by atoms with Gasteiger partial charge in [0.15, 0.2) is 4.05 Å². The van der Waals surface area contributed by atoms with Gasteiger partial charge in [-0.1, -0.05) is 34.7 Å². The van der Waals surface area contributed by atoms with E-state index in [9.17, 15) is 28.2 Å². The van der Waals surface area contributed by atoms with Crippen LogP contribution in [0.15, 0.2) is 24.3 Å². The zero-order valence-corrected chi connectivity index (χ0v) is 22.1. The van der Waals surface area contributed by atoms with Gasteiger partial charge in [0, 0.05) is 5.92 Å². The number of halogens is 4. The van der Waals surface area contributed by atoms with Gasteiger partial charge in [0.1, 0.15) is 35.2 Å². The largest absolute Gasteiger partial charge is 0.457 e. The number of aliphatic hydroxyl groups is 2. The Kier molecular flexibility index (Phi) is 6.71. The standard InChI is InChI=1S/C22H22F3IN6O4S/c1-8-13(18-31-10-4-2-3-5-12(10)37-18)17(32-20(29-8)28-7-21(23,24)25)30-11-6-9-15(22(9,35)14(11)33)36-19(34)16(26)27/h2-5,9,11,14-16,33,35H,6-7,27H2,1H3,(H2,28,29,30,32)/t9-,11-,14+,15?,16?,22-/m1/s1. The summed E-state index contributed by atoms with van der Waals surface area (Å²) >= 11 is 3.05. The summed E-state index contributed by atoms with van der Waals surface area (Å²) in [5.41, 5.74) is 5.43. The number of para-hydroxylation sites is 1. The van der Waals surface area contributed by atoms with Crippen molar-refractivity contribution in [2.45, 2.75) is 47.4 Å². The highest BCUT2D eigenvalue weighted by atomic mass is 127. The first-order valence-corrected chi connectivity index (χ1v) is 13.3. The number of alkyl halides is 4. The van der Waals surface area contributed by atoms with Crippen LogP contribution >= 0.6 is 33.9 Å². The first kappa shape index (κ1) is 26.3. The lowest BCUT2D eigenvalue weighted by atomic mass is 10.1. The normalized spacial score (nSPS) is 27.6. The van der Waals surface area contributed by atoms with E-state index in [-0.39, 0.29) is 18.2 Å². The Balaban J connectivity index is 1.45. The van der Waals surface area contributed by atoms with Gasteiger partial charge in [-0.3, -0.25) is 0 Å². The number of anilines is 2. The van der Waals surface area contributed by atoms with Crippen molar-refractivity contribution >= 4 is 61.9 Å². The molecule has 0 bridgehead atoms. The number of fused-ring (bicyclic) bond motifs is 2. The number of ether oxygens (including phenoxy) is 1. The third-order valence-electron chi connectivity index (χ3n) is 6.50. The zero-order chi connectivity index (χ0) is 26.7. The van der Waals surface area contributed by atoms with Gasteiger partial charge in [-0.05, 0) is 25.5 Å². The molecule has 6 atom stereocenters. The molecule has 198 valence electrons. The van der Waals surface area contributed by atoms with Crippen LogP contribution in [0.5, 0.6) is 0 Å². The highest BCUT2D eigenvalue weighted by Crippen LogP contribution is 2.58. The van der Waals surface area contributed by atoms with Gasteiger partial charge in [0.05, 0.1) is 27.5 Å². The number of rotatable bonds is 7. The number of nitrogens with one attached hydrogen (secondary N) is 2. The molecule has 2 heterocycles. The Morgan fingerprint density at radius 1 is 1.35 bits per heavy atom. The lowest BCUT2D eigenvalue weighted by Gasteiger charge is -2.26. The van der Waals surface area contributed by atoms with E-state index >= 15 is 0 Å². The fourth-order valence-corrected chi connectivity index (χ4v) is 5.92. The van der Waals surface area contributed by atoms with Crippen molar-refractivity contribution in [2.24, 2.45) is 11.7 Å². The topological polar surface area (TPSA) is 156 Å². The molecule has 37 heavy (non-hydrogen) atoms. The molecule has 3 aromatic rings. The van der Waals surface area contributed by atoms with E-state index in [1.54, 1.807) is 29.5 Å². The molecule has 0 aliphatic heterocycles. The van der Waals surface area contributed by atoms with Crippen LogP contribution in [0.1, 0.15) is 12.1 Å². The van der Waals surface area contributed by atoms with Crippen LogP contribution in [-0.2, 0) is 9.53 Å². The van der Waals surface area contributed by atoms with E-state index in [0.29, 0.717) is 16.3 Å². The van der Waals surface area contributed by atoms with Gasteiger partial charge >= 0.3 is 12.1 Å². The third-order valence-corrected chi connectivity index (χ3v) is 8.07. The summed E-state index contributed by atoms with van der Waals surface area (Å²) in [4.78, 5) is 25.0. The predicted molar refractivity (Wildman–Crippen MR) is 138 cm³/mol. The minimum Gasteiger partial charge on any atom is -0.457 e. The van der Waals surface area contributed by atoms with Crippen LogP contribution in [0, 0.1) is 12.8 Å². The average Bonchev–Trinajstić information content (AvgIpc) is 3.08. The number of thiazole rings is 1. The van der Waals surface area contributed by atoms with Crippen LogP contribution in [0.3, 0.4) is 0 Å². The van der Waals surface area contributed by atoms with E-state index in [0.717, 1.165) is 10.2 Å². The molecule has 1 aromatic carbocycles. The summed E-state index contributed by atoms with van der Waals surface area (Å²) in [5, 5.41) is 27.7. The monoisotopic (exact) mass is 650 g/mol. The van der Waals surface area contributed by atoms with Crippen LogP contribution in [-0.4, -0.2) is 71.8 Å². The molecule has 15 heteroatoms. The van der Waals surface area contributed by atoms with Crippen molar-refractivity contribution in [3.63, 3.8) is 0 Å². The molecule has 2 aliphatic rings. The molecule has 0 saturated heterocycles. The van der Waals surface area contributed by atoms with Crippen molar-refractivity contribution in [1.29, 1.82) is 0 Å². The number of carbonyl (C=O) groups excluding carboxylic acids is 1. The summed E-state index contributed by atoms with van der Waals surface area (Å²) in [6.07, 6.45) is -6.49. The molecule has 0 spiro atoms. The molecule has 10 nitrogen and oxygen atoms in total. The summed E-state index contributed by atoms with van der Waals surface area (Å²) in [6.45, 7) is 0.304. The number of aryl methyl sites for hydroxylation is 1. The smallest absolute Gasteiger partial charge is 0.405 e. The van der Waals surface area contributed by atoms with Gasteiger partial charge in [-0.15, -0.1) is 11.3 Å². The molecule has 6 N–H and O–H groups in total. The Hall–Kier alpha value is -2.34. The SMILES string of the molecule is Cc1nc(NCC(F)(F)F)nc(N[C@@H]2C[C@@H]3C(OC(=O)C(N)I)[C@]3(O)[C@H]2O)c1-c1nc2ccccc2s1. The lowest BCUT2D eigenvalue weighted by molar-refractivity contribution is -0.148. The van der Waals surface area contributed by atoms with Crippen molar-refractivity contribution in [3.05, 3.63) is 30.0 Å². The van der Waals surface area contributed by atoms with Crippen molar-refractivity contribution in [3.8, 4) is 10.6 Å². The molecule has 5 rings (SSSR count). The number of nitrogens with two attached hydrogens (primary N) is 1. The number of hydrogen-bond acceptors (Lipinski definition) is 11. The van der Waals surface area contributed by atoms with Gasteiger partial charge in [0.25, 0.3) is 0 Å². The van der Waals surface area contributed by atoms with E-state index in [2.05, 4.69) is 25.6 Å². The van der Waals surface area contributed by atoms with Crippen molar-refractivity contribution < 1.29 is 32.9 Å². The molecule has 0 amide bonds. The van der Waals surface area contributed by atoms with E-state index < -0.39 is 52.5 Å². The first-order chi connectivity index (χ1) is 17.4. The number of esters is 1. The quantitative estimate of drug-likeness (QED) is 0.112. The van der Waals surface area contributed by atoms with Gasteiger partial charge in [-0.2, -0.15) is 18.2 Å². The highest BCUT2D eigenvalue weighted by Gasteiger charge is 2.76. The molecule has 2 aliphatic carbocycles. The summed E-state index contributed by atoms with van der Waals surface area (Å²) in [6, 6.07) is 6.72. The fraction of sp³-hybridized carbons (Fsp3) is 0.455. The fourth-order valence-electron chi connectivity index (χ4n) is 4.71. The minimum absolute atomic E-state index is 0.160. The third kappa shape index (κ3) is 4.94. The lowest BCUT2D eigenvalue weighted by Crippen LogP contribution is -2.43. The van der Waals surface area contributed by atoms with Crippen molar-refractivity contribution in [2.75, 3.05) is 17.2 Å². The van der Waals surface area contributed by atoms with E-state index in [4.69, 9.17) is 10.5 Å². The maximum absolute atomic E-state index is 12.8. The summed E-state index contributed by atoms with van der Waals surface area (Å²) in [7, 11) is 0. The number of benzene rings is 1. The molecular weight excluding hydrogens is 628 g/mol. The molecular formula is C22H22F3IN6O4S. The molecule has 2 unspecified atom stereocenters. The Labute approximate surface area is 226 Å². The average molecular weight is 650 g/mol. The van der Waals surface area contributed by atoms with Gasteiger partial charge in [0.2, 0.25) is 5.95 Å². The highest BCUT2D eigenvalue weighted by molar-refractivity contribution is 14.1. The molecule has 0 radical (unpaired) electrons. The van der Waals surface area contributed by atoms with Crippen LogP contribution in [0.25, 0.3) is 20.8 Å². The second-order valence-corrected chi connectivity index (χ2v) is 11.4. The van der Waals surface area contributed by atoms with E-state index in [1.807, 2.05) is 24.3 Å². The van der Waals surface area contributed by atoms with E-state index in [1.165, 1.54) is 11.3 Å². The van der Waals surface area contributed by atoms with Crippen LogP contribution < -0.4 is 16.4 Å². The number of aliphatic hydroxyl groups excluding tert-OH is 1. The summed E-state index contributed by atoms with van der Waals surface area (Å²) in [5.74, 6) is -1.32. The molecule has 2 fully saturated rings. The number of aromatic nitrogens is 3. The molecule has 2 aromatic heterocycles. The van der Waals surface area contributed by atoms with Gasteiger partial charge < -0.3 is 31.3 Å². The Morgan fingerprint density at radius 3 is 2.70 bits per heavy atom. The predicted octanol–water partition coefficient (Wildman–Crippen LogP) is 2.57. The second-order valence-electron chi connectivity index (χ2n) is 9.00. The minimum atomic E-state index is -4.48. The zero-order valence-electron chi connectivity index (χ0n) is 19.2. The van der Waals surface area contributed by atoms with Crippen molar-refractivity contribution in [1.82, 2.24) is 15.0 Å². The number of hydrogen-bond donors (Lipinski definition) is 5. The first-order valence-electron chi connectivity index (χ1n) is 11.2. The Bertz CT molecular complexity index is 1320.